The molecule has 0 aromatic heterocycles. The maximum absolute atomic E-state index is 11.7. The monoisotopic (exact) mass is 357 g/mol. The number of nitrogens with one attached hydrogen (secondary N) is 3. The zero-order valence-corrected chi connectivity index (χ0v) is 15.8. The predicted molar refractivity (Wildman–Crippen MR) is 104 cm³/mol. The number of hydrogen-bond acceptors (Lipinski definition) is 4. The SMILES string of the molecule is COc1cccc(CNCc2ccc(NC(=O)NC(C)C)cc2)c1OC. The van der Waals surface area contributed by atoms with Crippen LogP contribution in [-0.4, -0.2) is 26.3 Å². The molecule has 2 rings (SSSR count). The molecule has 3 N–H and O–H groups in total. The molecule has 6 heteroatoms. The molecular weight excluding hydrogens is 330 g/mol. The Morgan fingerprint density at radius 3 is 2.35 bits per heavy atom. The lowest BCUT2D eigenvalue weighted by atomic mass is 10.1. The average Bonchev–Trinajstić information content (AvgIpc) is 2.62. The fourth-order valence-corrected chi connectivity index (χ4v) is 2.57. The van der Waals surface area contributed by atoms with Crippen molar-refractivity contribution in [1.29, 1.82) is 0 Å². The van der Waals surface area contributed by atoms with Gasteiger partial charge >= 0.3 is 6.03 Å². The first-order valence-electron chi connectivity index (χ1n) is 8.60. The lowest BCUT2D eigenvalue weighted by Crippen LogP contribution is -2.34. The largest absolute Gasteiger partial charge is 0.493 e. The van der Waals surface area contributed by atoms with Crippen LogP contribution >= 0.6 is 0 Å². The van der Waals surface area contributed by atoms with Gasteiger partial charge in [-0.1, -0.05) is 24.3 Å². The normalized spacial score (nSPS) is 10.5. The molecule has 0 radical (unpaired) electrons. The summed E-state index contributed by atoms with van der Waals surface area (Å²) in [6, 6.07) is 13.5. The van der Waals surface area contributed by atoms with Crippen LogP contribution in [0.2, 0.25) is 0 Å². The summed E-state index contributed by atoms with van der Waals surface area (Å²) in [5, 5.41) is 9.00. The van der Waals surface area contributed by atoms with Crippen LogP contribution in [0.4, 0.5) is 10.5 Å². The maximum Gasteiger partial charge on any atom is 0.319 e. The summed E-state index contributed by atoms with van der Waals surface area (Å²) in [5.74, 6) is 1.47. The lowest BCUT2D eigenvalue weighted by Gasteiger charge is -2.13. The van der Waals surface area contributed by atoms with E-state index in [1.165, 1.54) is 0 Å². The highest BCUT2D eigenvalue weighted by Crippen LogP contribution is 2.30. The highest BCUT2D eigenvalue weighted by molar-refractivity contribution is 5.89. The molecule has 0 bridgehead atoms. The Kier molecular flexibility index (Phi) is 7.29. The van der Waals surface area contributed by atoms with Crippen LogP contribution in [-0.2, 0) is 13.1 Å². The van der Waals surface area contributed by atoms with Gasteiger partial charge in [-0.15, -0.1) is 0 Å². The molecule has 140 valence electrons. The van der Waals surface area contributed by atoms with Crippen molar-refractivity contribution in [3.63, 3.8) is 0 Å². The third-order valence-corrected chi connectivity index (χ3v) is 3.76. The average molecular weight is 357 g/mol. The first-order valence-corrected chi connectivity index (χ1v) is 8.60. The number of rotatable bonds is 8. The third kappa shape index (κ3) is 5.67. The quantitative estimate of drug-likeness (QED) is 0.676. The molecule has 0 saturated carbocycles. The summed E-state index contributed by atoms with van der Waals surface area (Å²) in [7, 11) is 3.27. The molecular formula is C20H27N3O3. The van der Waals surface area contributed by atoms with Crippen molar-refractivity contribution in [3.05, 3.63) is 53.6 Å². The van der Waals surface area contributed by atoms with E-state index in [1.807, 2.05) is 56.3 Å². The fourth-order valence-electron chi connectivity index (χ4n) is 2.57. The molecule has 0 saturated heterocycles. The number of methoxy groups -OCH3 is 2. The molecule has 0 spiro atoms. The van der Waals surface area contributed by atoms with E-state index < -0.39 is 0 Å². The summed E-state index contributed by atoms with van der Waals surface area (Å²) in [5.41, 5.74) is 2.93. The van der Waals surface area contributed by atoms with E-state index in [1.54, 1.807) is 14.2 Å². The highest BCUT2D eigenvalue weighted by atomic mass is 16.5. The van der Waals surface area contributed by atoms with E-state index in [0.29, 0.717) is 13.1 Å². The van der Waals surface area contributed by atoms with Gasteiger partial charge in [-0.3, -0.25) is 0 Å². The topological polar surface area (TPSA) is 71.6 Å². The molecule has 2 aromatic carbocycles. The van der Waals surface area contributed by atoms with Crippen molar-refractivity contribution < 1.29 is 14.3 Å². The lowest BCUT2D eigenvalue weighted by molar-refractivity contribution is 0.250. The van der Waals surface area contributed by atoms with E-state index >= 15 is 0 Å². The zero-order valence-electron chi connectivity index (χ0n) is 15.8. The van der Waals surface area contributed by atoms with Crippen LogP contribution in [0, 0.1) is 0 Å². The summed E-state index contributed by atoms with van der Waals surface area (Å²) in [6.07, 6.45) is 0. The Labute approximate surface area is 154 Å². The second-order valence-corrected chi connectivity index (χ2v) is 6.21. The number of ether oxygens (including phenoxy) is 2. The molecule has 0 aliphatic carbocycles. The smallest absolute Gasteiger partial charge is 0.319 e. The van der Waals surface area contributed by atoms with Gasteiger partial charge in [0.15, 0.2) is 11.5 Å². The highest BCUT2D eigenvalue weighted by Gasteiger charge is 2.09. The Bertz CT molecular complexity index is 715. The molecule has 0 unspecified atom stereocenters. The predicted octanol–water partition coefficient (Wildman–Crippen LogP) is 3.52. The van der Waals surface area contributed by atoms with E-state index in [9.17, 15) is 4.79 Å². The first kappa shape index (κ1) is 19.6. The summed E-state index contributed by atoms with van der Waals surface area (Å²) in [6.45, 7) is 5.22. The van der Waals surface area contributed by atoms with Gasteiger partial charge in [0.2, 0.25) is 0 Å². The molecule has 0 aliphatic heterocycles. The van der Waals surface area contributed by atoms with Crippen molar-refractivity contribution in [3.8, 4) is 11.5 Å². The van der Waals surface area contributed by atoms with Gasteiger partial charge in [0.05, 0.1) is 14.2 Å². The molecule has 0 heterocycles. The summed E-state index contributed by atoms with van der Waals surface area (Å²) in [4.78, 5) is 11.7. The van der Waals surface area contributed by atoms with Gasteiger partial charge < -0.3 is 25.4 Å². The Balaban J connectivity index is 1.88. The minimum absolute atomic E-state index is 0.104. The third-order valence-electron chi connectivity index (χ3n) is 3.76. The molecule has 6 nitrogen and oxygen atoms in total. The number of carbonyl (C=O) groups is 1. The number of amides is 2. The van der Waals surface area contributed by atoms with Crippen molar-refractivity contribution in [2.75, 3.05) is 19.5 Å². The Morgan fingerprint density at radius 1 is 1.00 bits per heavy atom. The summed E-state index contributed by atoms with van der Waals surface area (Å²) < 4.78 is 10.8. The van der Waals surface area contributed by atoms with Crippen molar-refractivity contribution in [1.82, 2.24) is 10.6 Å². The molecule has 2 amide bonds. The number of anilines is 1. The molecule has 26 heavy (non-hydrogen) atoms. The van der Waals surface area contributed by atoms with E-state index in [2.05, 4.69) is 16.0 Å². The second-order valence-electron chi connectivity index (χ2n) is 6.21. The van der Waals surface area contributed by atoms with Gasteiger partial charge in [-0.2, -0.15) is 0 Å². The number of carbonyl (C=O) groups excluding carboxylic acids is 1. The fraction of sp³-hybridized carbons (Fsp3) is 0.350. The molecule has 2 aromatic rings. The summed E-state index contributed by atoms with van der Waals surface area (Å²) >= 11 is 0. The van der Waals surface area contributed by atoms with Crippen LogP contribution in [0.25, 0.3) is 0 Å². The zero-order chi connectivity index (χ0) is 18.9. The van der Waals surface area contributed by atoms with Gasteiger partial charge in [0.1, 0.15) is 0 Å². The maximum atomic E-state index is 11.7. The van der Waals surface area contributed by atoms with Crippen LogP contribution < -0.4 is 25.4 Å². The number of hydrogen-bond donors (Lipinski definition) is 3. The van der Waals surface area contributed by atoms with Gasteiger partial charge in [0.25, 0.3) is 0 Å². The Morgan fingerprint density at radius 2 is 1.73 bits per heavy atom. The molecule has 0 aliphatic rings. The standard InChI is InChI=1S/C20H27N3O3/c1-14(2)22-20(24)23-17-10-8-15(9-11-17)12-21-13-16-6-5-7-18(25-3)19(16)26-4/h5-11,14,21H,12-13H2,1-4H3,(H2,22,23,24). The van der Waals surface area contributed by atoms with Crippen LogP contribution in [0.15, 0.2) is 42.5 Å². The van der Waals surface area contributed by atoms with Crippen LogP contribution in [0.3, 0.4) is 0 Å². The van der Waals surface area contributed by atoms with Crippen molar-refractivity contribution in [2.45, 2.75) is 33.0 Å². The number of urea groups is 1. The van der Waals surface area contributed by atoms with Crippen molar-refractivity contribution in [2.24, 2.45) is 0 Å². The van der Waals surface area contributed by atoms with Gasteiger partial charge in [-0.05, 0) is 37.6 Å². The second kappa shape index (κ2) is 9.68. The van der Waals surface area contributed by atoms with Gasteiger partial charge in [-0.25, -0.2) is 4.79 Å². The number of benzene rings is 2. The van der Waals surface area contributed by atoms with Crippen LogP contribution in [0.1, 0.15) is 25.0 Å². The van der Waals surface area contributed by atoms with Crippen LogP contribution in [0.5, 0.6) is 11.5 Å². The van der Waals surface area contributed by atoms with E-state index in [0.717, 1.165) is 28.3 Å². The Hall–Kier alpha value is -2.73. The molecule has 0 fully saturated rings. The van der Waals surface area contributed by atoms with Crippen molar-refractivity contribution >= 4 is 11.7 Å². The first-order chi connectivity index (χ1) is 12.5. The van der Waals surface area contributed by atoms with Gasteiger partial charge in [0, 0.05) is 30.4 Å². The molecule has 0 atom stereocenters. The van der Waals surface area contributed by atoms with E-state index in [-0.39, 0.29) is 12.1 Å². The minimum atomic E-state index is -0.198. The van der Waals surface area contributed by atoms with E-state index in [4.69, 9.17) is 9.47 Å². The minimum Gasteiger partial charge on any atom is -0.493 e. The number of para-hydroxylation sites is 1.